The van der Waals surface area contributed by atoms with Crippen molar-refractivity contribution in [1.29, 1.82) is 0 Å². The molecular weight excluding hydrogens is 246 g/mol. The smallest absolute Gasteiger partial charge is 0.312 e. The number of methoxy groups -OCH3 is 1. The zero-order chi connectivity index (χ0) is 14.0. The highest BCUT2D eigenvalue weighted by Crippen LogP contribution is 2.18. The highest BCUT2D eigenvalue weighted by atomic mass is 16.5. The summed E-state index contributed by atoms with van der Waals surface area (Å²) in [5, 5.41) is 3.27. The fraction of sp³-hybridized carbons (Fsp3) is 0.846. The highest BCUT2D eigenvalue weighted by Gasteiger charge is 2.40. The topological polar surface area (TPSA) is 61.9 Å². The van der Waals surface area contributed by atoms with E-state index in [1.54, 1.807) is 16.9 Å². The van der Waals surface area contributed by atoms with Crippen LogP contribution in [0.4, 0.5) is 0 Å². The van der Waals surface area contributed by atoms with Gasteiger partial charge in [-0.15, -0.1) is 0 Å². The number of nitrogens with one attached hydrogen (secondary N) is 1. The Bertz CT molecular complexity index is 370. The van der Waals surface area contributed by atoms with Crippen molar-refractivity contribution < 1.29 is 14.3 Å². The van der Waals surface area contributed by atoms with E-state index >= 15 is 0 Å². The molecule has 0 bridgehead atoms. The molecule has 0 spiro atoms. The van der Waals surface area contributed by atoms with Crippen LogP contribution >= 0.6 is 0 Å². The van der Waals surface area contributed by atoms with Gasteiger partial charge >= 0.3 is 11.8 Å². The first kappa shape index (κ1) is 14.3. The summed E-state index contributed by atoms with van der Waals surface area (Å²) in [7, 11) is 1.66. The van der Waals surface area contributed by atoms with Gasteiger partial charge in [-0.2, -0.15) is 0 Å². The number of piperazine rings is 2. The SMILES string of the molecule is COC(C)(C)CCN1CC2CNCCN2C(=O)C1=O. The summed E-state index contributed by atoms with van der Waals surface area (Å²) in [5.41, 5.74) is -0.273. The molecule has 1 atom stereocenters. The van der Waals surface area contributed by atoms with E-state index < -0.39 is 0 Å². The van der Waals surface area contributed by atoms with Gasteiger partial charge in [0.15, 0.2) is 0 Å². The highest BCUT2D eigenvalue weighted by molar-refractivity contribution is 6.35. The van der Waals surface area contributed by atoms with Crippen molar-refractivity contribution in [2.75, 3.05) is 39.8 Å². The number of rotatable bonds is 4. The number of fused-ring (bicyclic) bond motifs is 1. The number of nitrogens with zero attached hydrogens (tertiary/aromatic N) is 2. The van der Waals surface area contributed by atoms with Gasteiger partial charge in [0, 0.05) is 39.8 Å². The van der Waals surface area contributed by atoms with Gasteiger partial charge in [0.25, 0.3) is 0 Å². The first-order valence-electron chi connectivity index (χ1n) is 6.80. The maximum Gasteiger partial charge on any atom is 0.312 e. The molecule has 2 rings (SSSR count). The number of ether oxygens (including phenoxy) is 1. The summed E-state index contributed by atoms with van der Waals surface area (Å²) in [6.45, 7) is 7.32. The number of carbonyl (C=O) groups is 2. The van der Waals surface area contributed by atoms with Crippen molar-refractivity contribution >= 4 is 11.8 Å². The molecule has 2 aliphatic heterocycles. The fourth-order valence-electron chi connectivity index (χ4n) is 2.49. The maximum absolute atomic E-state index is 12.1. The van der Waals surface area contributed by atoms with Crippen LogP contribution in [-0.4, -0.2) is 73.1 Å². The molecule has 2 saturated heterocycles. The first-order valence-corrected chi connectivity index (χ1v) is 6.80. The van der Waals surface area contributed by atoms with Gasteiger partial charge in [0.05, 0.1) is 11.6 Å². The molecule has 2 fully saturated rings. The Labute approximate surface area is 114 Å². The van der Waals surface area contributed by atoms with Crippen molar-refractivity contribution in [3.63, 3.8) is 0 Å². The minimum Gasteiger partial charge on any atom is -0.379 e. The molecule has 2 amide bonds. The molecule has 1 unspecified atom stereocenters. The van der Waals surface area contributed by atoms with Gasteiger partial charge < -0.3 is 19.9 Å². The molecule has 1 N–H and O–H groups in total. The first-order chi connectivity index (χ1) is 8.94. The van der Waals surface area contributed by atoms with Gasteiger partial charge in [-0.3, -0.25) is 9.59 Å². The number of amides is 2. The van der Waals surface area contributed by atoms with Crippen LogP contribution in [0.25, 0.3) is 0 Å². The molecule has 6 nitrogen and oxygen atoms in total. The summed E-state index contributed by atoms with van der Waals surface area (Å²) in [6, 6.07) is 0.115. The Morgan fingerprint density at radius 3 is 2.79 bits per heavy atom. The third kappa shape index (κ3) is 3.06. The summed E-state index contributed by atoms with van der Waals surface area (Å²) in [5.74, 6) is -0.724. The molecule has 0 aromatic rings. The molecule has 0 aliphatic carbocycles. The molecular formula is C13H23N3O3. The van der Waals surface area contributed by atoms with Gasteiger partial charge in [0.1, 0.15) is 0 Å². The average Bonchev–Trinajstić information content (AvgIpc) is 2.41. The Morgan fingerprint density at radius 1 is 1.37 bits per heavy atom. The van der Waals surface area contributed by atoms with Gasteiger partial charge in [-0.05, 0) is 20.3 Å². The van der Waals surface area contributed by atoms with E-state index in [0.29, 0.717) is 19.6 Å². The van der Waals surface area contributed by atoms with Crippen LogP contribution in [0, 0.1) is 0 Å². The summed E-state index contributed by atoms with van der Waals surface area (Å²) in [6.07, 6.45) is 0.725. The molecule has 0 aromatic carbocycles. The molecule has 0 saturated carbocycles. The molecule has 108 valence electrons. The van der Waals surface area contributed by atoms with Gasteiger partial charge in [0.2, 0.25) is 0 Å². The van der Waals surface area contributed by atoms with E-state index in [0.717, 1.165) is 19.5 Å². The second kappa shape index (κ2) is 5.46. The van der Waals surface area contributed by atoms with E-state index in [-0.39, 0.29) is 23.5 Å². The summed E-state index contributed by atoms with van der Waals surface area (Å²) < 4.78 is 5.35. The van der Waals surface area contributed by atoms with Crippen LogP contribution in [0.1, 0.15) is 20.3 Å². The van der Waals surface area contributed by atoms with Crippen molar-refractivity contribution in [2.45, 2.75) is 31.9 Å². The molecule has 0 radical (unpaired) electrons. The fourth-order valence-corrected chi connectivity index (χ4v) is 2.49. The van der Waals surface area contributed by atoms with E-state index in [2.05, 4.69) is 5.32 Å². The van der Waals surface area contributed by atoms with E-state index in [9.17, 15) is 9.59 Å². The van der Waals surface area contributed by atoms with Crippen LogP contribution in [0.3, 0.4) is 0 Å². The lowest BCUT2D eigenvalue weighted by Crippen LogP contribution is -2.65. The van der Waals surface area contributed by atoms with Crippen molar-refractivity contribution in [3.05, 3.63) is 0 Å². The normalized spacial score (nSPS) is 24.7. The second-order valence-corrected chi connectivity index (χ2v) is 5.82. The number of hydrogen-bond acceptors (Lipinski definition) is 4. The minimum absolute atomic E-state index is 0.115. The monoisotopic (exact) mass is 269 g/mol. The second-order valence-electron chi connectivity index (χ2n) is 5.82. The van der Waals surface area contributed by atoms with Crippen LogP contribution in [0.5, 0.6) is 0 Å². The quantitative estimate of drug-likeness (QED) is 0.695. The van der Waals surface area contributed by atoms with E-state index in [4.69, 9.17) is 4.74 Å². The van der Waals surface area contributed by atoms with Crippen LogP contribution in [0.2, 0.25) is 0 Å². The van der Waals surface area contributed by atoms with Crippen molar-refractivity contribution in [1.82, 2.24) is 15.1 Å². The van der Waals surface area contributed by atoms with E-state index in [1.807, 2.05) is 13.8 Å². The number of hydrogen-bond donors (Lipinski definition) is 1. The van der Waals surface area contributed by atoms with Crippen LogP contribution in [-0.2, 0) is 14.3 Å². The minimum atomic E-state index is -0.370. The number of carbonyl (C=O) groups excluding carboxylic acids is 2. The van der Waals surface area contributed by atoms with Crippen LogP contribution < -0.4 is 5.32 Å². The predicted octanol–water partition coefficient (Wildman–Crippen LogP) is -0.556. The Hall–Kier alpha value is -1.14. The van der Waals surface area contributed by atoms with Crippen molar-refractivity contribution in [3.8, 4) is 0 Å². The van der Waals surface area contributed by atoms with E-state index in [1.165, 1.54) is 0 Å². The predicted molar refractivity (Wildman–Crippen MR) is 70.7 cm³/mol. The lowest BCUT2D eigenvalue weighted by molar-refractivity contribution is -0.160. The average molecular weight is 269 g/mol. The third-order valence-electron chi connectivity index (χ3n) is 4.05. The summed E-state index contributed by atoms with van der Waals surface area (Å²) >= 11 is 0. The van der Waals surface area contributed by atoms with Crippen LogP contribution in [0.15, 0.2) is 0 Å². The Morgan fingerprint density at radius 2 is 2.11 bits per heavy atom. The third-order valence-corrected chi connectivity index (χ3v) is 4.05. The van der Waals surface area contributed by atoms with Crippen molar-refractivity contribution in [2.24, 2.45) is 0 Å². The van der Waals surface area contributed by atoms with Gasteiger partial charge in [-0.1, -0.05) is 0 Å². The molecule has 6 heteroatoms. The molecule has 2 heterocycles. The standard InChI is InChI=1S/C13H23N3O3/c1-13(2,19-3)4-6-15-9-10-8-14-5-7-16(10)12(18)11(15)17/h10,14H,4-9H2,1-3H3. The maximum atomic E-state index is 12.1. The summed E-state index contributed by atoms with van der Waals surface area (Å²) in [4.78, 5) is 27.5. The molecule has 0 aromatic heterocycles. The zero-order valence-electron chi connectivity index (χ0n) is 11.9. The molecule has 2 aliphatic rings. The van der Waals surface area contributed by atoms with Gasteiger partial charge in [-0.25, -0.2) is 0 Å². The lowest BCUT2D eigenvalue weighted by Gasteiger charge is -2.43. The zero-order valence-corrected chi connectivity index (χ0v) is 11.9. The Kier molecular flexibility index (Phi) is 4.10. The Balaban J connectivity index is 1.98. The largest absolute Gasteiger partial charge is 0.379 e. The lowest BCUT2D eigenvalue weighted by atomic mass is 10.0. The molecule has 19 heavy (non-hydrogen) atoms.